The van der Waals surface area contributed by atoms with Gasteiger partial charge >= 0.3 is 0 Å². The number of hydrogen-bond acceptors (Lipinski definition) is 5. The first-order valence-corrected chi connectivity index (χ1v) is 7.66. The van der Waals surface area contributed by atoms with Crippen LogP contribution in [0.4, 0.5) is 0 Å². The summed E-state index contributed by atoms with van der Waals surface area (Å²) >= 11 is 1.72. The van der Waals surface area contributed by atoms with Gasteiger partial charge in [-0.3, -0.25) is 0 Å². The molecule has 4 nitrogen and oxygen atoms in total. The number of nitrogens with one attached hydrogen (secondary N) is 2. The SMILES string of the molecule is Cc1nc(CCNCCOC2CCNCC2)cs1. The molecule has 1 aliphatic heterocycles. The minimum absolute atomic E-state index is 0.467. The molecule has 1 saturated heterocycles. The van der Waals surface area contributed by atoms with Gasteiger partial charge in [-0.05, 0) is 32.9 Å². The Morgan fingerprint density at radius 3 is 3.00 bits per heavy atom. The van der Waals surface area contributed by atoms with E-state index in [9.17, 15) is 0 Å². The summed E-state index contributed by atoms with van der Waals surface area (Å²) in [7, 11) is 0. The molecule has 2 rings (SSSR count). The summed E-state index contributed by atoms with van der Waals surface area (Å²) in [5, 5.41) is 10.0. The maximum atomic E-state index is 5.82. The Morgan fingerprint density at radius 2 is 2.28 bits per heavy atom. The van der Waals surface area contributed by atoms with Crippen LogP contribution in [0, 0.1) is 6.92 Å². The van der Waals surface area contributed by atoms with Crippen LogP contribution in [0.25, 0.3) is 0 Å². The Balaban J connectivity index is 1.46. The number of aromatic nitrogens is 1. The van der Waals surface area contributed by atoms with Crippen LogP contribution in [0.5, 0.6) is 0 Å². The van der Waals surface area contributed by atoms with Crippen LogP contribution < -0.4 is 10.6 Å². The third-order valence-corrected chi connectivity index (χ3v) is 3.97. The number of ether oxygens (including phenoxy) is 1. The lowest BCUT2D eigenvalue weighted by molar-refractivity contribution is 0.0349. The van der Waals surface area contributed by atoms with Crippen molar-refractivity contribution in [3.05, 3.63) is 16.1 Å². The van der Waals surface area contributed by atoms with Crippen molar-refractivity contribution in [2.75, 3.05) is 32.8 Å². The Bertz CT molecular complexity index is 337. The Hall–Kier alpha value is -0.490. The van der Waals surface area contributed by atoms with Gasteiger partial charge in [-0.15, -0.1) is 11.3 Å². The summed E-state index contributed by atoms with van der Waals surface area (Å²) in [6.07, 6.45) is 3.78. The fraction of sp³-hybridized carbons (Fsp3) is 0.769. The number of thiazole rings is 1. The molecule has 1 aromatic heterocycles. The zero-order valence-corrected chi connectivity index (χ0v) is 11.9. The fourth-order valence-electron chi connectivity index (χ4n) is 2.12. The molecule has 0 aliphatic carbocycles. The molecule has 0 spiro atoms. The summed E-state index contributed by atoms with van der Waals surface area (Å²) in [4.78, 5) is 4.44. The lowest BCUT2D eigenvalue weighted by atomic mass is 10.1. The van der Waals surface area contributed by atoms with Crippen LogP contribution in [-0.4, -0.2) is 43.9 Å². The highest BCUT2D eigenvalue weighted by Gasteiger charge is 2.12. The summed E-state index contributed by atoms with van der Waals surface area (Å²) < 4.78 is 5.82. The molecule has 0 amide bonds. The molecule has 2 heterocycles. The highest BCUT2D eigenvalue weighted by Crippen LogP contribution is 2.08. The van der Waals surface area contributed by atoms with Crippen molar-refractivity contribution in [2.45, 2.75) is 32.3 Å². The van der Waals surface area contributed by atoms with Gasteiger partial charge in [0.25, 0.3) is 0 Å². The zero-order chi connectivity index (χ0) is 12.6. The van der Waals surface area contributed by atoms with E-state index in [0.29, 0.717) is 6.10 Å². The molecule has 0 saturated carbocycles. The Kier molecular flexibility index (Phi) is 6.07. The second kappa shape index (κ2) is 7.84. The van der Waals surface area contributed by atoms with Gasteiger partial charge in [-0.25, -0.2) is 4.98 Å². The molecule has 0 aromatic carbocycles. The maximum absolute atomic E-state index is 5.82. The van der Waals surface area contributed by atoms with E-state index in [4.69, 9.17) is 4.74 Å². The number of hydrogen-bond donors (Lipinski definition) is 2. The molecule has 0 bridgehead atoms. The molecule has 102 valence electrons. The van der Waals surface area contributed by atoms with Gasteiger partial charge < -0.3 is 15.4 Å². The van der Waals surface area contributed by atoms with Crippen LogP contribution in [0.1, 0.15) is 23.5 Å². The maximum Gasteiger partial charge on any atom is 0.0897 e. The Morgan fingerprint density at radius 1 is 1.44 bits per heavy atom. The summed E-state index contributed by atoms with van der Waals surface area (Å²) in [5.41, 5.74) is 1.20. The molecule has 0 unspecified atom stereocenters. The smallest absolute Gasteiger partial charge is 0.0897 e. The molecular formula is C13H23N3OS. The average molecular weight is 269 g/mol. The molecule has 1 aromatic rings. The van der Waals surface area contributed by atoms with E-state index in [1.165, 1.54) is 5.69 Å². The normalized spacial score (nSPS) is 17.2. The largest absolute Gasteiger partial charge is 0.377 e. The van der Waals surface area contributed by atoms with Gasteiger partial charge in [0.05, 0.1) is 23.4 Å². The zero-order valence-electron chi connectivity index (χ0n) is 11.1. The van der Waals surface area contributed by atoms with Crippen molar-refractivity contribution < 1.29 is 4.74 Å². The van der Waals surface area contributed by atoms with Crippen molar-refractivity contribution in [1.82, 2.24) is 15.6 Å². The molecule has 0 atom stereocenters. The molecule has 1 aliphatic rings. The number of piperidine rings is 1. The van der Waals surface area contributed by atoms with Gasteiger partial charge in [0.2, 0.25) is 0 Å². The number of nitrogens with zero attached hydrogens (tertiary/aromatic N) is 1. The van der Waals surface area contributed by atoms with Gasteiger partial charge in [0.15, 0.2) is 0 Å². The average Bonchev–Trinajstić information content (AvgIpc) is 2.81. The predicted molar refractivity (Wildman–Crippen MR) is 75.3 cm³/mol. The molecule has 0 radical (unpaired) electrons. The lowest BCUT2D eigenvalue weighted by Gasteiger charge is -2.22. The van der Waals surface area contributed by atoms with E-state index in [0.717, 1.165) is 57.1 Å². The lowest BCUT2D eigenvalue weighted by Crippen LogP contribution is -2.34. The van der Waals surface area contributed by atoms with E-state index >= 15 is 0 Å². The van der Waals surface area contributed by atoms with E-state index in [2.05, 4.69) is 27.9 Å². The van der Waals surface area contributed by atoms with Crippen molar-refractivity contribution in [3.63, 3.8) is 0 Å². The van der Waals surface area contributed by atoms with E-state index in [1.54, 1.807) is 11.3 Å². The number of aryl methyl sites for hydroxylation is 1. The first-order valence-electron chi connectivity index (χ1n) is 6.78. The van der Waals surface area contributed by atoms with Crippen molar-refractivity contribution >= 4 is 11.3 Å². The summed E-state index contributed by atoms with van der Waals surface area (Å²) in [6, 6.07) is 0. The molecule has 2 N–H and O–H groups in total. The summed E-state index contributed by atoms with van der Waals surface area (Å²) in [6.45, 7) is 6.99. The van der Waals surface area contributed by atoms with E-state index in [-0.39, 0.29) is 0 Å². The molecule has 18 heavy (non-hydrogen) atoms. The van der Waals surface area contributed by atoms with E-state index in [1.807, 2.05) is 0 Å². The van der Waals surface area contributed by atoms with Crippen molar-refractivity contribution in [2.24, 2.45) is 0 Å². The van der Waals surface area contributed by atoms with Crippen LogP contribution in [-0.2, 0) is 11.2 Å². The van der Waals surface area contributed by atoms with Gasteiger partial charge in [-0.1, -0.05) is 0 Å². The quantitative estimate of drug-likeness (QED) is 0.734. The minimum Gasteiger partial charge on any atom is -0.377 e. The third kappa shape index (κ3) is 5.02. The topological polar surface area (TPSA) is 46.2 Å². The predicted octanol–water partition coefficient (Wildman–Crippen LogP) is 1.35. The Labute approximate surface area is 113 Å². The van der Waals surface area contributed by atoms with Crippen LogP contribution in [0.2, 0.25) is 0 Å². The van der Waals surface area contributed by atoms with Crippen LogP contribution >= 0.6 is 11.3 Å². The highest BCUT2D eigenvalue weighted by atomic mass is 32.1. The van der Waals surface area contributed by atoms with Crippen LogP contribution in [0.15, 0.2) is 5.38 Å². The first-order chi connectivity index (χ1) is 8.84. The second-order valence-electron chi connectivity index (χ2n) is 4.68. The van der Waals surface area contributed by atoms with Crippen molar-refractivity contribution in [3.8, 4) is 0 Å². The van der Waals surface area contributed by atoms with Crippen LogP contribution in [0.3, 0.4) is 0 Å². The summed E-state index contributed by atoms with van der Waals surface area (Å²) in [5.74, 6) is 0. The highest BCUT2D eigenvalue weighted by molar-refractivity contribution is 7.09. The van der Waals surface area contributed by atoms with E-state index < -0.39 is 0 Å². The molecule has 5 heteroatoms. The third-order valence-electron chi connectivity index (χ3n) is 3.14. The van der Waals surface area contributed by atoms with Crippen molar-refractivity contribution in [1.29, 1.82) is 0 Å². The second-order valence-corrected chi connectivity index (χ2v) is 5.74. The monoisotopic (exact) mass is 269 g/mol. The van der Waals surface area contributed by atoms with Gasteiger partial charge in [-0.2, -0.15) is 0 Å². The number of rotatable bonds is 7. The minimum atomic E-state index is 0.467. The first kappa shape index (κ1) is 13.9. The standard InChI is InChI=1S/C13H23N3OS/c1-11-16-12(10-18-11)2-5-15-8-9-17-13-3-6-14-7-4-13/h10,13-15H,2-9H2,1H3. The molecular weight excluding hydrogens is 246 g/mol. The molecule has 1 fully saturated rings. The van der Waals surface area contributed by atoms with Gasteiger partial charge in [0.1, 0.15) is 0 Å². The van der Waals surface area contributed by atoms with Gasteiger partial charge in [0, 0.05) is 24.9 Å². The fourth-order valence-corrected chi connectivity index (χ4v) is 2.77.